The molecular formula is C23H34N4O2S. The number of aryl methyl sites for hydroxylation is 1. The van der Waals surface area contributed by atoms with Crippen LogP contribution in [0.5, 0.6) is 5.75 Å². The quantitative estimate of drug-likeness (QED) is 0.546. The van der Waals surface area contributed by atoms with Crippen molar-refractivity contribution in [2.45, 2.75) is 77.7 Å². The van der Waals surface area contributed by atoms with Crippen LogP contribution in [0.2, 0.25) is 0 Å². The average molecular weight is 431 g/mol. The fourth-order valence-electron chi connectivity index (χ4n) is 3.73. The van der Waals surface area contributed by atoms with Gasteiger partial charge in [0, 0.05) is 19.1 Å². The summed E-state index contributed by atoms with van der Waals surface area (Å²) >= 11 is 1.48. The maximum absolute atomic E-state index is 12.7. The Balaban J connectivity index is 1.64. The van der Waals surface area contributed by atoms with Crippen molar-refractivity contribution in [1.82, 2.24) is 19.7 Å². The van der Waals surface area contributed by atoms with E-state index >= 15 is 0 Å². The molecule has 0 saturated carbocycles. The number of rotatable bonds is 9. The van der Waals surface area contributed by atoms with Gasteiger partial charge in [-0.15, -0.1) is 10.2 Å². The van der Waals surface area contributed by atoms with E-state index in [4.69, 9.17) is 4.74 Å². The van der Waals surface area contributed by atoms with E-state index in [1.807, 2.05) is 17.0 Å². The summed E-state index contributed by atoms with van der Waals surface area (Å²) in [5.74, 6) is 2.67. The molecule has 30 heavy (non-hydrogen) atoms. The number of piperidine rings is 1. The standard InChI is InChI=1S/C23H34N4O2S/c1-5-19-9-11-20(12-10-19)29-15-21-24-25-23(27(21)14-17(2)3)30-16-22(28)26-13-7-6-8-18(26)4/h9-12,17-18H,5-8,13-16H2,1-4H3/t18-/m0/s1. The van der Waals surface area contributed by atoms with Gasteiger partial charge < -0.3 is 14.2 Å². The number of aromatic nitrogens is 3. The second kappa shape index (κ2) is 10.8. The second-order valence-electron chi connectivity index (χ2n) is 8.41. The first-order chi connectivity index (χ1) is 14.5. The fraction of sp³-hybridized carbons (Fsp3) is 0.609. The van der Waals surface area contributed by atoms with Crippen LogP contribution in [0.15, 0.2) is 29.4 Å². The number of thioether (sulfide) groups is 1. The Morgan fingerprint density at radius 2 is 2.00 bits per heavy atom. The van der Waals surface area contributed by atoms with Crippen LogP contribution in [0.25, 0.3) is 0 Å². The number of hydrogen-bond donors (Lipinski definition) is 0. The molecule has 1 fully saturated rings. The summed E-state index contributed by atoms with van der Waals surface area (Å²) in [5.41, 5.74) is 1.29. The average Bonchev–Trinajstić information content (AvgIpc) is 3.12. The highest BCUT2D eigenvalue weighted by Crippen LogP contribution is 2.23. The van der Waals surface area contributed by atoms with E-state index in [-0.39, 0.29) is 5.91 Å². The third-order valence-corrected chi connectivity index (χ3v) is 6.44. The maximum atomic E-state index is 12.7. The SMILES string of the molecule is CCc1ccc(OCc2nnc(SCC(=O)N3CCCC[C@@H]3C)n2CC(C)C)cc1. The molecule has 1 aromatic heterocycles. The lowest BCUT2D eigenvalue weighted by Gasteiger charge is -2.33. The predicted octanol–water partition coefficient (Wildman–Crippen LogP) is 4.57. The minimum Gasteiger partial charge on any atom is -0.486 e. The molecule has 0 aliphatic carbocycles. The Kier molecular flexibility index (Phi) is 8.19. The number of nitrogens with zero attached hydrogens (tertiary/aromatic N) is 4. The topological polar surface area (TPSA) is 60.3 Å². The van der Waals surface area contributed by atoms with E-state index in [1.54, 1.807) is 0 Å². The van der Waals surface area contributed by atoms with Crippen LogP contribution >= 0.6 is 11.8 Å². The van der Waals surface area contributed by atoms with E-state index in [1.165, 1.54) is 23.7 Å². The molecule has 0 bridgehead atoms. The van der Waals surface area contributed by atoms with Gasteiger partial charge in [-0.05, 0) is 56.2 Å². The maximum Gasteiger partial charge on any atom is 0.233 e. The van der Waals surface area contributed by atoms with Crippen LogP contribution < -0.4 is 4.74 Å². The largest absolute Gasteiger partial charge is 0.486 e. The zero-order chi connectivity index (χ0) is 21.5. The molecule has 0 unspecified atom stereocenters. The third kappa shape index (κ3) is 6.00. The van der Waals surface area contributed by atoms with Gasteiger partial charge in [-0.2, -0.15) is 0 Å². The first kappa shape index (κ1) is 22.7. The Labute approximate surface area is 184 Å². The second-order valence-corrected chi connectivity index (χ2v) is 9.35. The van der Waals surface area contributed by atoms with Gasteiger partial charge in [-0.3, -0.25) is 4.79 Å². The molecule has 7 heteroatoms. The summed E-state index contributed by atoms with van der Waals surface area (Å²) in [6.45, 7) is 10.7. The monoisotopic (exact) mass is 430 g/mol. The summed E-state index contributed by atoms with van der Waals surface area (Å²) < 4.78 is 8.05. The molecule has 3 rings (SSSR count). The highest BCUT2D eigenvalue weighted by molar-refractivity contribution is 7.99. The Morgan fingerprint density at radius 1 is 1.23 bits per heavy atom. The Bertz CT molecular complexity index is 819. The first-order valence-electron chi connectivity index (χ1n) is 11.0. The van der Waals surface area contributed by atoms with Gasteiger partial charge >= 0.3 is 0 Å². The van der Waals surface area contributed by atoms with E-state index < -0.39 is 0 Å². The van der Waals surface area contributed by atoms with Crippen molar-refractivity contribution in [3.05, 3.63) is 35.7 Å². The molecule has 1 aromatic carbocycles. The number of carbonyl (C=O) groups excluding carboxylic acids is 1. The van der Waals surface area contributed by atoms with Gasteiger partial charge in [0.15, 0.2) is 11.0 Å². The molecule has 0 N–H and O–H groups in total. The highest BCUT2D eigenvalue weighted by atomic mass is 32.2. The van der Waals surface area contributed by atoms with Crippen molar-refractivity contribution in [2.24, 2.45) is 5.92 Å². The summed E-state index contributed by atoms with van der Waals surface area (Å²) in [7, 11) is 0. The van der Waals surface area contributed by atoms with Crippen LogP contribution in [0, 0.1) is 5.92 Å². The van der Waals surface area contributed by atoms with Crippen molar-refractivity contribution in [3.8, 4) is 5.75 Å². The van der Waals surface area contributed by atoms with Gasteiger partial charge in [-0.1, -0.05) is 44.7 Å². The van der Waals surface area contributed by atoms with Crippen molar-refractivity contribution in [3.63, 3.8) is 0 Å². The van der Waals surface area contributed by atoms with E-state index in [9.17, 15) is 4.79 Å². The van der Waals surface area contributed by atoms with Crippen molar-refractivity contribution in [1.29, 1.82) is 0 Å². The van der Waals surface area contributed by atoms with Crippen molar-refractivity contribution in [2.75, 3.05) is 12.3 Å². The van der Waals surface area contributed by atoms with Crippen molar-refractivity contribution < 1.29 is 9.53 Å². The smallest absolute Gasteiger partial charge is 0.233 e. The van der Waals surface area contributed by atoms with E-state index in [0.717, 1.165) is 49.1 Å². The molecule has 1 atom stereocenters. The number of carbonyl (C=O) groups is 1. The summed E-state index contributed by atoms with van der Waals surface area (Å²) in [4.78, 5) is 14.7. The molecule has 164 valence electrons. The van der Waals surface area contributed by atoms with Gasteiger partial charge in [0.2, 0.25) is 5.91 Å². The predicted molar refractivity (Wildman–Crippen MR) is 121 cm³/mol. The lowest BCUT2D eigenvalue weighted by Crippen LogP contribution is -2.43. The van der Waals surface area contributed by atoms with Crippen LogP contribution in [0.1, 0.15) is 58.3 Å². The summed E-state index contributed by atoms with van der Waals surface area (Å²) in [6, 6.07) is 8.50. The molecule has 2 heterocycles. The first-order valence-corrected chi connectivity index (χ1v) is 12.0. The highest BCUT2D eigenvalue weighted by Gasteiger charge is 2.24. The molecule has 1 saturated heterocycles. The zero-order valence-electron chi connectivity index (χ0n) is 18.6. The fourth-order valence-corrected chi connectivity index (χ4v) is 4.58. The zero-order valence-corrected chi connectivity index (χ0v) is 19.5. The van der Waals surface area contributed by atoms with Crippen LogP contribution in [-0.2, 0) is 24.4 Å². The number of ether oxygens (including phenoxy) is 1. The third-order valence-electron chi connectivity index (χ3n) is 5.49. The molecule has 1 amide bonds. The molecule has 0 radical (unpaired) electrons. The van der Waals surface area contributed by atoms with Gasteiger partial charge in [0.05, 0.1) is 5.75 Å². The van der Waals surface area contributed by atoms with Crippen LogP contribution in [-0.4, -0.2) is 43.9 Å². The number of amides is 1. The number of benzene rings is 1. The Hall–Kier alpha value is -2.02. The van der Waals surface area contributed by atoms with E-state index in [0.29, 0.717) is 24.3 Å². The molecule has 2 aromatic rings. The molecule has 0 spiro atoms. The molecular weight excluding hydrogens is 396 g/mol. The van der Waals surface area contributed by atoms with Gasteiger partial charge in [0.25, 0.3) is 0 Å². The normalized spacial score (nSPS) is 16.8. The molecule has 1 aliphatic rings. The minimum absolute atomic E-state index is 0.195. The summed E-state index contributed by atoms with van der Waals surface area (Å²) in [5, 5.41) is 9.53. The molecule has 6 nitrogen and oxygen atoms in total. The Morgan fingerprint density at radius 3 is 2.67 bits per heavy atom. The minimum atomic E-state index is 0.195. The summed E-state index contributed by atoms with van der Waals surface area (Å²) in [6.07, 6.45) is 4.43. The number of hydrogen-bond acceptors (Lipinski definition) is 5. The lowest BCUT2D eigenvalue weighted by atomic mass is 10.0. The van der Waals surface area contributed by atoms with Crippen LogP contribution in [0.4, 0.5) is 0 Å². The van der Waals surface area contributed by atoms with E-state index in [2.05, 4.69) is 54.6 Å². The van der Waals surface area contributed by atoms with Gasteiger partial charge in [-0.25, -0.2) is 0 Å². The number of likely N-dealkylation sites (tertiary alicyclic amines) is 1. The molecule has 1 aliphatic heterocycles. The lowest BCUT2D eigenvalue weighted by molar-refractivity contribution is -0.131. The van der Waals surface area contributed by atoms with Crippen LogP contribution in [0.3, 0.4) is 0 Å². The van der Waals surface area contributed by atoms with Gasteiger partial charge in [0.1, 0.15) is 12.4 Å². The van der Waals surface area contributed by atoms with Crippen molar-refractivity contribution >= 4 is 17.7 Å².